The highest BCUT2D eigenvalue weighted by Crippen LogP contribution is 2.22. The van der Waals surface area contributed by atoms with E-state index in [1.807, 2.05) is 12.1 Å². The molecule has 0 saturated carbocycles. The molecule has 0 amide bonds. The highest BCUT2D eigenvalue weighted by molar-refractivity contribution is 5.02. The molecule has 0 aliphatic carbocycles. The zero-order chi connectivity index (χ0) is 5.40. The van der Waals surface area contributed by atoms with Crippen LogP contribution in [0.4, 0.5) is 0 Å². The van der Waals surface area contributed by atoms with E-state index < -0.39 is 0 Å². The van der Waals surface area contributed by atoms with E-state index in [0.717, 1.165) is 5.76 Å². The van der Waals surface area contributed by atoms with Gasteiger partial charge in [-0.25, -0.2) is 0 Å². The average molecular weight is 111 g/mol. The topological polar surface area (TPSA) is 47.6 Å². The maximum Gasteiger partial charge on any atom is 0.209 e. The Hall–Kier alpha value is -0.800. The Morgan fingerprint density at radius 1 is 1.62 bits per heavy atom. The third-order valence-electron chi connectivity index (χ3n) is 1.04. The van der Waals surface area contributed by atoms with Crippen LogP contribution >= 0.6 is 0 Å². The lowest BCUT2D eigenvalue weighted by atomic mass is 10.4. The van der Waals surface area contributed by atoms with Crippen LogP contribution in [0.5, 0.6) is 0 Å². The second-order valence-electron chi connectivity index (χ2n) is 1.63. The molecule has 2 heterocycles. The van der Waals surface area contributed by atoms with Crippen LogP contribution in [0.2, 0.25) is 0 Å². The van der Waals surface area contributed by atoms with Crippen molar-refractivity contribution >= 4 is 0 Å². The fourth-order valence-electron chi connectivity index (χ4n) is 0.591. The minimum atomic E-state index is 0.0185. The van der Waals surface area contributed by atoms with Crippen molar-refractivity contribution in [1.82, 2.24) is 5.48 Å². The van der Waals surface area contributed by atoms with E-state index in [1.54, 1.807) is 6.26 Å². The first kappa shape index (κ1) is 4.12. The van der Waals surface area contributed by atoms with Gasteiger partial charge in [-0.3, -0.25) is 4.84 Å². The fraction of sp³-hybridized carbons (Fsp3) is 0.200. The molecule has 1 aromatic rings. The minimum Gasteiger partial charge on any atom is -0.465 e. The van der Waals surface area contributed by atoms with Gasteiger partial charge >= 0.3 is 0 Å². The van der Waals surface area contributed by atoms with Crippen LogP contribution in [0.3, 0.4) is 0 Å². The molecule has 1 aliphatic rings. The van der Waals surface area contributed by atoms with Gasteiger partial charge in [0.1, 0.15) is 0 Å². The van der Waals surface area contributed by atoms with Crippen LogP contribution < -0.4 is 5.48 Å². The first-order valence-corrected chi connectivity index (χ1v) is 2.41. The average Bonchev–Trinajstić information content (AvgIpc) is 2.49. The summed E-state index contributed by atoms with van der Waals surface area (Å²) in [7, 11) is 0. The quantitative estimate of drug-likeness (QED) is 0.545. The van der Waals surface area contributed by atoms with Gasteiger partial charge in [-0.15, -0.1) is 0 Å². The Bertz CT molecular complexity index is 167. The van der Waals surface area contributed by atoms with Crippen molar-refractivity contribution in [3.05, 3.63) is 24.2 Å². The molecule has 1 fully saturated rings. The number of furan rings is 1. The molecule has 2 rings (SSSR count). The molecule has 1 aromatic heterocycles. The zero-order valence-electron chi connectivity index (χ0n) is 4.13. The van der Waals surface area contributed by atoms with Gasteiger partial charge in [-0.2, -0.15) is 5.48 Å². The van der Waals surface area contributed by atoms with Crippen molar-refractivity contribution in [2.45, 2.75) is 6.23 Å². The Labute approximate surface area is 46.2 Å². The van der Waals surface area contributed by atoms with Gasteiger partial charge in [-0.05, 0) is 12.1 Å². The maximum absolute atomic E-state index is 4.97. The normalized spacial score (nSPS) is 25.8. The Morgan fingerprint density at radius 2 is 2.50 bits per heavy atom. The molecule has 1 aliphatic heterocycles. The summed E-state index contributed by atoms with van der Waals surface area (Å²) in [5.41, 5.74) is 2.64. The first-order chi connectivity index (χ1) is 3.97. The molecule has 3 nitrogen and oxygen atoms in total. The van der Waals surface area contributed by atoms with E-state index in [1.165, 1.54) is 0 Å². The molecule has 0 radical (unpaired) electrons. The molecule has 1 atom stereocenters. The molecule has 1 unspecified atom stereocenters. The van der Waals surface area contributed by atoms with E-state index in [-0.39, 0.29) is 6.23 Å². The van der Waals surface area contributed by atoms with Gasteiger partial charge in [0, 0.05) is 0 Å². The van der Waals surface area contributed by atoms with Crippen molar-refractivity contribution in [2.24, 2.45) is 0 Å². The number of rotatable bonds is 1. The van der Waals surface area contributed by atoms with Crippen molar-refractivity contribution in [2.75, 3.05) is 0 Å². The number of hydrogen-bond acceptors (Lipinski definition) is 3. The molecule has 0 spiro atoms. The lowest BCUT2D eigenvalue weighted by Gasteiger charge is -1.77. The first-order valence-electron chi connectivity index (χ1n) is 2.41. The summed E-state index contributed by atoms with van der Waals surface area (Å²) in [6, 6.07) is 3.70. The highest BCUT2D eigenvalue weighted by Gasteiger charge is 2.26. The molecular formula is C5H5NO2. The van der Waals surface area contributed by atoms with Crippen molar-refractivity contribution in [3.63, 3.8) is 0 Å². The number of hydrogen-bond donors (Lipinski definition) is 1. The van der Waals surface area contributed by atoms with Gasteiger partial charge in [-0.1, -0.05) is 0 Å². The Kier molecular flexibility index (Phi) is 0.688. The smallest absolute Gasteiger partial charge is 0.209 e. The van der Waals surface area contributed by atoms with E-state index in [2.05, 4.69) is 5.48 Å². The zero-order valence-corrected chi connectivity index (χ0v) is 4.13. The van der Waals surface area contributed by atoms with Crippen molar-refractivity contribution < 1.29 is 9.25 Å². The van der Waals surface area contributed by atoms with Crippen molar-refractivity contribution in [3.8, 4) is 0 Å². The van der Waals surface area contributed by atoms with Crippen LogP contribution in [0.1, 0.15) is 12.0 Å². The summed E-state index contributed by atoms with van der Waals surface area (Å²) in [4.78, 5) is 4.71. The third-order valence-corrected chi connectivity index (χ3v) is 1.04. The SMILES string of the molecule is c1coc(C2NO2)c1. The molecule has 3 heteroatoms. The lowest BCUT2D eigenvalue weighted by molar-refractivity contribution is 0.347. The largest absolute Gasteiger partial charge is 0.465 e. The molecule has 1 saturated heterocycles. The van der Waals surface area contributed by atoms with Gasteiger partial charge in [0.15, 0.2) is 5.76 Å². The molecular weight excluding hydrogens is 106 g/mol. The van der Waals surface area contributed by atoms with E-state index in [4.69, 9.17) is 9.25 Å². The standard InChI is InChI=1S/C5H5NO2/c1-2-4(7-3-1)5-6-8-5/h1-3,5-6H. The van der Waals surface area contributed by atoms with Gasteiger partial charge in [0.05, 0.1) is 6.26 Å². The van der Waals surface area contributed by atoms with Gasteiger partial charge in [0.25, 0.3) is 0 Å². The monoisotopic (exact) mass is 111 g/mol. The van der Waals surface area contributed by atoms with Gasteiger partial charge < -0.3 is 4.42 Å². The fourth-order valence-corrected chi connectivity index (χ4v) is 0.591. The lowest BCUT2D eigenvalue weighted by Crippen LogP contribution is -1.75. The van der Waals surface area contributed by atoms with Crippen LogP contribution in [-0.4, -0.2) is 0 Å². The Morgan fingerprint density at radius 3 is 3.00 bits per heavy atom. The van der Waals surface area contributed by atoms with Gasteiger partial charge in [0.2, 0.25) is 6.23 Å². The van der Waals surface area contributed by atoms with Crippen molar-refractivity contribution in [1.29, 1.82) is 0 Å². The summed E-state index contributed by atoms with van der Waals surface area (Å²) < 4.78 is 4.97. The minimum absolute atomic E-state index is 0.0185. The third kappa shape index (κ3) is 0.526. The number of nitrogens with one attached hydrogen (secondary N) is 1. The molecule has 8 heavy (non-hydrogen) atoms. The summed E-state index contributed by atoms with van der Waals surface area (Å²) in [5.74, 6) is 0.838. The Balaban J connectivity index is 2.28. The second-order valence-corrected chi connectivity index (χ2v) is 1.63. The van der Waals surface area contributed by atoms with Crippen LogP contribution in [0.25, 0.3) is 0 Å². The second kappa shape index (κ2) is 1.34. The molecule has 0 aromatic carbocycles. The molecule has 1 N–H and O–H groups in total. The molecule has 0 bridgehead atoms. The summed E-state index contributed by atoms with van der Waals surface area (Å²) in [6.07, 6.45) is 1.64. The van der Waals surface area contributed by atoms with Crippen LogP contribution in [0.15, 0.2) is 22.8 Å². The van der Waals surface area contributed by atoms with E-state index >= 15 is 0 Å². The van der Waals surface area contributed by atoms with E-state index in [0.29, 0.717) is 0 Å². The summed E-state index contributed by atoms with van der Waals surface area (Å²) in [5, 5.41) is 0. The number of hydroxylamine groups is 1. The van der Waals surface area contributed by atoms with Crippen LogP contribution in [0, 0.1) is 0 Å². The van der Waals surface area contributed by atoms with Crippen LogP contribution in [-0.2, 0) is 4.84 Å². The predicted molar refractivity (Wildman–Crippen MR) is 25.7 cm³/mol. The predicted octanol–water partition coefficient (Wildman–Crippen LogP) is 0.813. The maximum atomic E-state index is 4.97. The summed E-state index contributed by atoms with van der Waals surface area (Å²) >= 11 is 0. The molecule has 42 valence electrons. The van der Waals surface area contributed by atoms with E-state index in [9.17, 15) is 0 Å². The summed E-state index contributed by atoms with van der Waals surface area (Å²) in [6.45, 7) is 0. The highest BCUT2D eigenvalue weighted by atomic mass is 16.8.